The molecule has 2 nitrogen and oxygen atoms in total. The van der Waals surface area contributed by atoms with Crippen LogP contribution in [-0.2, 0) is 0 Å². The smallest absolute Gasteiger partial charge is 0.0552 e. The van der Waals surface area contributed by atoms with Crippen LogP contribution >= 0.6 is 0 Å². The molecule has 1 aromatic rings. The molecule has 63 valence electrons. The van der Waals surface area contributed by atoms with Gasteiger partial charge in [-0.05, 0) is 31.4 Å². The third-order valence-electron chi connectivity index (χ3n) is 2.30. The van der Waals surface area contributed by atoms with Gasteiger partial charge in [-0.25, -0.2) is 0 Å². The monoisotopic (exact) mass is 161 g/mol. The Hall–Kier alpha value is -1.05. The number of nitrogens with zero attached hydrogens (tertiary/aromatic N) is 2. The summed E-state index contributed by atoms with van der Waals surface area (Å²) in [5.74, 6) is 0.588. The summed E-state index contributed by atoms with van der Waals surface area (Å²) < 4.78 is 0. The largest absolute Gasteiger partial charge is 0.370 e. The summed E-state index contributed by atoms with van der Waals surface area (Å²) in [5, 5.41) is 0. The second kappa shape index (κ2) is 3.13. The van der Waals surface area contributed by atoms with E-state index >= 15 is 0 Å². The Bertz CT molecular complexity index is 245. The molecule has 0 unspecified atom stereocenters. The highest BCUT2D eigenvalue weighted by atomic mass is 15.2. The van der Waals surface area contributed by atoms with Gasteiger partial charge in [-0.1, -0.05) is 0 Å². The van der Waals surface area contributed by atoms with Crippen LogP contribution in [0, 0.1) is 12.8 Å². The first-order valence-corrected chi connectivity index (χ1v) is 4.34. The number of rotatable bonds is 1. The molecule has 0 amide bonds. The van der Waals surface area contributed by atoms with E-state index in [1.807, 2.05) is 12.3 Å². The van der Waals surface area contributed by atoms with Gasteiger partial charge in [0.25, 0.3) is 0 Å². The summed E-state index contributed by atoms with van der Waals surface area (Å²) in [4.78, 5) is 6.43. The minimum Gasteiger partial charge on any atom is -0.370 e. The van der Waals surface area contributed by atoms with Gasteiger partial charge in [0.1, 0.15) is 0 Å². The van der Waals surface area contributed by atoms with Crippen molar-refractivity contribution in [3.05, 3.63) is 31.5 Å². The van der Waals surface area contributed by atoms with Gasteiger partial charge >= 0.3 is 0 Å². The Morgan fingerprint density at radius 3 is 3.08 bits per heavy atom. The maximum absolute atomic E-state index is 4.09. The van der Waals surface area contributed by atoms with Crippen LogP contribution in [0.15, 0.2) is 24.5 Å². The predicted molar refractivity (Wildman–Crippen MR) is 49.9 cm³/mol. The highest BCUT2D eigenvalue weighted by Gasteiger charge is 2.18. The maximum Gasteiger partial charge on any atom is 0.0552 e. The molecule has 1 atom stereocenters. The maximum atomic E-state index is 4.09. The molecule has 1 aliphatic rings. The fourth-order valence-corrected chi connectivity index (χ4v) is 1.61. The normalized spacial score (nSPS) is 23.1. The minimum atomic E-state index is 0.588. The quantitative estimate of drug-likeness (QED) is 0.623. The molecular formula is C10H13N2. The molecule has 12 heavy (non-hydrogen) atoms. The van der Waals surface area contributed by atoms with Crippen molar-refractivity contribution < 1.29 is 0 Å². The Morgan fingerprint density at radius 2 is 2.50 bits per heavy atom. The van der Waals surface area contributed by atoms with E-state index in [0.717, 1.165) is 13.1 Å². The third-order valence-corrected chi connectivity index (χ3v) is 2.30. The van der Waals surface area contributed by atoms with Crippen molar-refractivity contribution in [2.45, 2.75) is 6.42 Å². The molecule has 0 spiro atoms. The van der Waals surface area contributed by atoms with Crippen LogP contribution in [-0.4, -0.2) is 18.1 Å². The van der Waals surface area contributed by atoms with E-state index in [2.05, 4.69) is 22.9 Å². The van der Waals surface area contributed by atoms with Crippen LogP contribution in [0.3, 0.4) is 0 Å². The van der Waals surface area contributed by atoms with Crippen LogP contribution in [0.5, 0.6) is 0 Å². The van der Waals surface area contributed by atoms with E-state index in [-0.39, 0.29) is 0 Å². The average molecular weight is 161 g/mol. The Morgan fingerprint density at radius 1 is 1.58 bits per heavy atom. The lowest BCUT2D eigenvalue weighted by Gasteiger charge is -2.16. The van der Waals surface area contributed by atoms with E-state index in [9.17, 15) is 0 Å². The van der Waals surface area contributed by atoms with Crippen molar-refractivity contribution in [2.24, 2.45) is 5.92 Å². The highest BCUT2D eigenvalue weighted by Crippen LogP contribution is 2.21. The minimum absolute atomic E-state index is 0.588. The molecule has 1 saturated heterocycles. The van der Waals surface area contributed by atoms with Crippen LogP contribution in [0.1, 0.15) is 6.42 Å². The molecule has 1 radical (unpaired) electrons. The van der Waals surface area contributed by atoms with E-state index in [1.165, 1.54) is 12.1 Å². The summed E-state index contributed by atoms with van der Waals surface area (Å²) in [6.45, 7) is 6.25. The standard InChI is InChI=1S/C10H13N2/c1-9-4-6-12(8-9)10-3-2-5-11-7-10/h2-3,5,7,9H,1,4,6,8H2/t9-/m1/s1. The lowest BCUT2D eigenvalue weighted by Crippen LogP contribution is -2.18. The van der Waals surface area contributed by atoms with Gasteiger partial charge < -0.3 is 4.90 Å². The van der Waals surface area contributed by atoms with Crippen molar-refractivity contribution in [1.29, 1.82) is 0 Å². The summed E-state index contributed by atoms with van der Waals surface area (Å²) >= 11 is 0. The predicted octanol–water partition coefficient (Wildman–Crippen LogP) is 1.74. The van der Waals surface area contributed by atoms with Gasteiger partial charge in [0.05, 0.1) is 11.9 Å². The number of hydrogen-bond acceptors (Lipinski definition) is 2. The molecule has 2 rings (SSSR count). The van der Waals surface area contributed by atoms with Crippen molar-refractivity contribution in [1.82, 2.24) is 4.98 Å². The molecule has 1 aliphatic heterocycles. The summed E-state index contributed by atoms with van der Waals surface area (Å²) in [6, 6.07) is 4.08. The van der Waals surface area contributed by atoms with Gasteiger partial charge in [0.15, 0.2) is 0 Å². The van der Waals surface area contributed by atoms with Gasteiger partial charge in [-0.2, -0.15) is 0 Å². The first-order valence-electron chi connectivity index (χ1n) is 4.34. The van der Waals surface area contributed by atoms with Gasteiger partial charge in [0, 0.05) is 19.3 Å². The first kappa shape index (κ1) is 7.59. The molecule has 0 bridgehead atoms. The van der Waals surface area contributed by atoms with Gasteiger partial charge in [0.2, 0.25) is 0 Å². The van der Waals surface area contributed by atoms with Crippen molar-refractivity contribution in [3.63, 3.8) is 0 Å². The van der Waals surface area contributed by atoms with Crippen molar-refractivity contribution in [2.75, 3.05) is 18.0 Å². The fourth-order valence-electron chi connectivity index (χ4n) is 1.61. The molecule has 2 heteroatoms. The van der Waals surface area contributed by atoms with Crippen molar-refractivity contribution >= 4 is 5.69 Å². The second-order valence-electron chi connectivity index (χ2n) is 3.31. The Balaban J connectivity index is 2.11. The Kier molecular flexibility index (Phi) is 1.98. The number of hydrogen-bond donors (Lipinski definition) is 0. The molecule has 0 saturated carbocycles. The molecule has 1 aromatic heterocycles. The molecule has 0 aromatic carbocycles. The van der Waals surface area contributed by atoms with Crippen LogP contribution in [0.4, 0.5) is 5.69 Å². The third kappa shape index (κ3) is 1.42. The lowest BCUT2D eigenvalue weighted by atomic mass is 10.2. The first-order chi connectivity index (χ1) is 5.86. The van der Waals surface area contributed by atoms with Crippen molar-refractivity contribution in [3.8, 4) is 0 Å². The summed E-state index contributed by atoms with van der Waals surface area (Å²) in [5.41, 5.74) is 1.23. The zero-order chi connectivity index (χ0) is 8.39. The number of anilines is 1. The van der Waals surface area contributed by atoms with E-state index in [4.69, 9.17) is 0 Å². The fraction of sp³-hybridized carbons (Fsp3) is 0.400. The Labute approximate surface area is 73.2 Å². The summed E-state index contributed by atoms with van der Waals surface area (Å²) in [7, 11) is 0. The van der Waals surface area contributed by atoms with Gasteiger partial charge in [-0.15, -0.1) is 0 Å². The lowest BCUT2D eigenvalue weighted by molar-refractivity contribution is 0.734. The van der Waals surface area contributed by atoms with E-state index in [1.54, 1.807) is 6.20 Å². The molecule has 1 fully saturated rings. The SMILES string of the molecule is [CH2][C@@H]1CCN(c2cccnc2)C1. The number of pyridine rings is 1. The van der Waals surface area contributed by atoms with Crippen LogP contribution < -0.4 is 4.90 Å². The second-order valence-corrected chi connectivity index (χ2v) is 3.31. The zero-order valence-electron chi connectivity index (χ0n) is 7.11. The highest BCUT2D eigenvalue weighted by molar-refractivity contribution is 5.44. The topological polar surface area (TPSA) is 16.1 Å². The average Bonchev–Trinajstić information content (AvgIpc) is 2.54. The molecular weight excluding hydrogens is 148 g/mol. The van der Waals surface area contributed by atoms with Crippen LogP contribution in [0.2, 0.25) is 0 Å². The molecule has 0 N–H and O–H groups in total. The molecule has 2 heterocycles. The van der Waals surface area contributed by atoms with Crippen LogP contribution in [0.25, 0.3) is 0 Å². The number of aromatic nitrogens is 1. The van der Waals surface area contributed by atoms with E-state index in [0.29, 0.717) is 5.92 Å². The molecule has 0 aliphatic carbocycles. The zero-order valence-corrected chi connectivity index (χ0v) is 7.11. The summed E-state index contributed by atoms with van der Waals surface area (Å²) in [6.07, 6.45) is 4.92. The van der Waals surface area contributed by atoms with E-state index < -0.39 is 0 Å². The van der Waals surface area contributed by atoms with Gasteiger partial charge in [-0.3, -0.25) is 4.98 Å².